The molecule has 3 rings (SSSR count). The van der Waals surface area contributed by atoms with Crippen LogP contribution in [0.15, 0.2) is 41.7 Å². The van der Waals surface area contributed by atoms with Crippen molar-refractivity contribution < 1.29 is 0 Å². The van der Waals surface area contributed by atoms with Crippen molar-refractivity contribution in [2.45, 2.75) is 31.3 Å². The summed E-state index contributed by atoms with van der Waals surface area (Å²) in [7, 11) is 0. The minimum Gasteiger partial charge on any atom is -0.366 e. The molecule has 0 saturated heterocycles. The van der Waals surface area contributed by atoms with E-state index < -0.39 is 0 Å². The number of hydrogen-bond donors (Lipinski definition) is 3. The van der Waals surface area contributed by atoms with Crippen LogP contribution < -0.4 is 11.1 Å². The van der Waals surface area contributed by atoms with Gasteiger partial charge >= 0.3 is 0 Å². The third-order valence-corrected chi connectivity index (χ3v) is 4.32. The molecule has 27 heavy (non-hydrogen) atoms. The Morgan fingerprint density at radius 1 is 1.22 bits per heavy atom. The lowest BCUT2D eigenvalue weighted by atomic mass is 9.97. The number of aromatic nitrogens is 4. The molecule has 1 aromatic carbocycles. The van der Waals surface area contributed by atoms with Crippen molar-refractivity contribution in [2.24, 2.45) is 5.73 Å². The standard InChI is InChI=1S/C19H19N7S/c1-11(2)25-16-5-14(10-24-26-16)17-15(4-3-13(7-21)18(17)27)19-22-8-12(6-20)9-23-19/h3-5,8-11,27H,6,20H2,1-2H3,(H,25,26). The zero-order valence-corrected chi connectivity index (χ0v) is 15.9. The summed E-state index contributed by atoms with van der Waals surface area (Å²) < 4.78 is 0. The van der Waals surface area contributed by atoms with E-state index >= 15 is 0 Å². The average Bonchev–Trinajstić information content (AvgIpc) is 2.67. The van der Waals surface area contributed by atoms with Gasteiger partial charge in [-0.25, -0.2) is 9.97 Å². The third kappa shape index (κ3) is 4.05. The largest absolute Gasteiger partial charge is 0.366 e. The van der Waals surface area contributed by atoms with Crippen LogP contribution in [0.3, 0.4) is 0 Å². The highest BCUT2D eigenvalue weighted by Crippen LogP contribution is 2.37. The highest BCUT2D eigenvalue weighted by Gasteiger charge is 2.17. The van der Waals surface area contributed by atoms with Gasteiger partial charge in [-0.2, -0.15) is 10.4 Å². The molecule has 2 aromatic heterocycles. The summed E-state index contributed by atoms with van der Waals surface area (Å²) in [4.78, 5) is 9.37. The molecule has 0 spiro atoms. The van der Waals surface area contributed by atoms with Crippen LogP contribution in [0.25, 0.3) is 22.5 Å². The average molecular weight is 377 g/mol. The molecule has 0 aliphatic heterocycles. The lowest BCUT2D eigenvalue weighted by Crippen LogP contribution is -2.11. The summed E-state index contributed by atoms with van der Waals surface area (Å²) in [5.74, 6) is 1.17. The van der Waals surface area contributed by atoms with Crippen LogP contribution in [0.5, 0.6) is 0 Å². The van der Waals surface area contributed by atoms with Crippen LogP contribution in [-0.4, -0.2) is 26.2 Å². The smallest absolute Gasteiger partial charge is 0.159 e. The maximum absolute atomic E-state index is 9.41. The number of anilines is 1. The zero-order valence-electron chi connectivity index (χ0n) is 15.0. The predicted molar refractivity (Wildman–Crippen MR) is 107 cm³/mol. The van der Waals surface area contributed by atoms with Crippen LogP contribution in [0, 0.1) is 11.3 Å². The van der Waals surface area contributed by atoms with Gasteiger partial charge in [0.1, 0.15) is 11.9 Å². The minimum atomic E-state index is 0.210. The minimum absolute atomic E-state index is 0.210. The first kappa shape index (κ1) is 18.8. The van der Waals surface area contributed by atoms with Crippen molar-refractivity contribution in [2.75, 3.05) is 5.32 Å². The van der Waals surface area contributed by atoms with Gasteiger partial charge < -0.3 is 11.1 Å². The molecular weight excluding hydrogens is 358 g/mol. The van der Waals surface area contributed by atoms with Crippen molar-refractivity contribution in [3.05, 3.63) is 47.9 Å². The van der Waals surface area contributed by atoms with Gasteiger partial charge in [-0.1, -0.05) is 0 Å². The van der Waals surface area contributed by atoms with Crippen LogP contribution in [0.1, 0.15) is 25.0 Å². The van der Waals surface area contributed by atoms with Gasteiger partial charge in [-0.05, 0) is 32.0 Å². The molecule has 7 nitrogen and oxygen atoms in total. The number of thiol groups is 1. The Bertz CT molecular complexity index is 994. The molecule has 8 heteroatoms. The number of hydrogen-bond acceptors (Lipinski definition) is 8. The predicted octanol–water partition coefficient (Wildman–Crippen LogP) is 3.04. The normalized spacial score (nSPS) is 10.7. The molecule has 0 aliphatic rings. The number of nitrogens with one attached hydrogen (secondary N) is 1. The van der Waals surface area contributed by atoms with Gasteiger partial charge in [0.15, 0.2) is 5.82 Å². The summed E-state index contributed by atoms with van der Waals surface area (Å²) in [5.41, 5.74) is 9.20. The number of nitrogens with two attached hydrogens (primary N) is 1. The highest BCUT2D eigenvalue weighted by atomic mass is 32.1. The van der Waals surface area contributed by atoms with Crippen molar-refractivity contribution in [3.63, 3.8) is 0 Å². The molecule has 0 unspecified atom stereocenters. The molecule has 0 atom stereocenters. The second-order valence-corrected chi connectivity index (χ2v) is 6.69. The van der Waals surface area contributed by atoms with Crippen LogP contribution in [0.2, 0.25) is 0 Å². The molecule has 0 saturated carbocycles. The van der Waals surface area contributed by atoms with Crippen LogP contribution in [0.4, 0.5) is 5.82 Å². The molecule has 2 heterocycles. The SMILES string of the molecule is CC(C)Nc1cc(-c2c(-c3ncc(CN)cn3)ccc(C#N)c2S)cnn1. The molecule has 3 N–H and O–H groups in total. The number of benzene rings is 1. The summed E-state index contributed by atoms with van der Waals surface area (Å²) >= 11 is 4.60. The Morgan fingerprint density at radius 3 is 2.59 bits per heavy atom. The van der Waals surface area contributed by atoms with Gasteiger partial charge in [-0.3, -0.25) is 0 Å². The Morgan fingerprint density at radius 2 is 1.96 bits per heavy atom. The van der Waals surface area contributed by atoms with E-state index in [1.54, 1.807) is 24.7 Å². The number of nitriles is 1. The van der Waals surface area contributed by atoms with E-state index in [0.29, 0.717) is 28.6 Å². The lowest BCUT2D eigenvalue weighted by Gasteiger charge is -2.14. The summed E-state index contributed by atoms with van der Waals surface area (Å²) in [6.45, 7) is 4.41. The molecular formula is C19H19N7S. The lowest BCUT2D eigenvalue weighted by molar-refractivity contribution is 0.874. The Kier molecular flexibility index (Phi) is 5.64. The topological polar surface area (TPSA) is 113 Å². The number of nitrogens with zero attached hydrogens (tertiary/aromatic N) is 5. The molecule has 0 fully saturated rings. The monoisotopic (exact) mass is 377 g/mol. The summed E-state index contributed by atoms with van der Waals surface area (Å²) in [5, 5.41) is 20.8. The molecule has 0 bridgehead atoms. The van der Waals surface area contributed by atoms with Gasteiger partial charge in [0, 0.05) is 52.1 Å². The number of rotatable bonds is 5. The highest BCUT2D eigenvalue weighted by molar-refractivity contribution is 7.80. The molecule has 0 aliphatic carbocycles. The van der Waals surface area contributed by atoms with Crippen molar-refractivity contribution in [1.29, 1.82) is 5.26 Å². The fraction of sp³-hybridized carbons (Fsp3) is 0.211. The summed E-state index contributed by atoms with van der Waals surface area (Å²) in [6, 6.07) is 7.78. The molecule has 0 amide bonds. The van der Waals surface area contributed by atoms with E-state index in [9.17, 15) is 5.26 Å². The van der Waals surface area contributed by atoms with E-state index in [4.69, 9.17) is 5.73 Å². The molecule has 3 aromatic rings. The van der Waals surface area contributed by atoms with Crippen molar-refractivity contribution in [1.82, 2.24) is 20.2 Å². The second-order valence-electron chi connectivity index (χ2n) is 6.24. The van der Waals surface area contributed by atoms with Gasteiger partial charge in [0.25, 0.3) is 0 Å². The fourth-order valence-corrected chi connectivity index (χ4v) is 3.00. The van der Waals surface area contributed by atoms with E-state index in [0.717, 1.165) is 22.3 Å². The Hall–Kier alpha value is -3.02. The third-order valence-electron chi connectivity index (χ3n) is 3.86. The zero-order chi connectivity index (χ0) is 19.4. The fourth-order valence-electron chi connectivity index (χ4n) is 2.63. The first-order valence-electron chi connectivity index (χ1n) is 8.40. The Balaban J connectivity index is 2.19. The van der Waals surface area contributed by atoms with Crippen LogP contribution in [-0.2, 0) is 6.54 Å². The first-order valence-corrected chi connectivity index (χ1v) is 8.85. The van der Waals surface area contributed by atoms with Crippen molar-refractivity contribution >= 4 is 18.4 Å². The van der Waals surface area contributed by atoms with Gasteiger partial charge in [-0.15, -0.1) is 17.7 Å². The second kappa shape index (κ2) is 8.12. The maximum Gasteiger partial charge on any atom is 0.159 e. The van der Waals surface area contributed by atoms with E-state index in [1.165, 1.54) is 0 Å². The quantitative estimate of drug-likeness (QED) is 0.586. The van der Waals surface area contributed by atoms with E-state index in [-0.39, 0.29) is 6.04 Å². The van der Waals surface area contributed by atoms with Crippen LogP contribution >= 0.6 is 12.6 Å². The van der Waals surface area contributed by atoms with Crippen molar-refractivity contribution in [3.8, 4) is 28.6 Å². The Labute approximate surface area is 163 Å². The first-order chi connectivity index (χ1) is 13.0. The maximum atomic E-state index is 9.41. The van der Waals surface area contributed by atoms with E-state index in [2.05, 4.69) is 44.2 Å². The molecule has 0 radical (unpaired) electrons. The summed E-state index contributed by atoms with van der Waals surface area (Å²) in [6.07, 6.45) is 5.03. The van der Waals surface area contributed by atoms with E-state index in [1.807, 2.05) is 26.0 Å². The molecule has 136 valence electrons. The van der Waals surface area contributed by atoms with Gasteiger partial charge in [0.05, 0.1) is 11.8 Å². The van der Waals surface area contributed by atoms with Gasteiger partial charge in [0.2, 0.25) is 0 Å².